The molecule has 0 aromatic heterocycles. The molecule has 10 heavy (non-hydrogen) atoms. The molecule has 0 unspecified atom stereocenters. The average molecular weight is 137 g/mol. The molecule has 1 heterocycles. The number of hydrogen-bond donors (Lipinski definition) is 0. The molecular formula is C8H16BN. The molecule has 0 saturated heterocycles. The molecule has 1 aliphatic rings. The Morgan fingerprint density at radius 1 is 1.40 bits per heavy atom. The van der Waals surface area contributed by atoms with Gasteiger partial charge in [-0.2, -0.15) is 0 Å². The van der Waals surface area contributed by atoms with Gasteiger partial charge in [-0.3, -0.25) is 0 Å². The van der Waals surface area contributed by atoms with Crippen LogP contribution in [0.5, 0.6) is 0 Å². The molecule has 1 nitrogen and oxygen atoms in total. The maximum absolute atomic E-state index is 2.48. The minimum atomic E-state index is 0.322. The first-order valence-electron chi connectivity index (χ1n) is 3.95. The van der Waals surface area contributed by atoms with Crippen molar-refractivity contribution in [1.82, 2.24) is 4.81 Å². The summed E-state index contributed by atoms with van der Waals surface area (Å²) in [6.07, 6.45) is 2.25. The first-order valence-corrected chi connectivity index (χ1v) is 3.95. The molecule has 0 saturated carbocycles. The van der Waals surface area contributed by atoms with Crippen LogP contribution >= 0.6 is 0 Å². The van der Waals surface area contributed by atoms with Crippen molar-refractivity contribution in [2.75, 3.05) is 6.54 Å². The van der Waals surface area contributed by atoms with E-state index in [9.17, 15) is 0 Å². The van der Waals surface area contributed by atoms with Gasteiger partial charge >= 0.3 is 0 Å². The Morgan fingerprint density at radius 3 is 2.20 bits per heavy atom. The summed E-state index contributed by atoms with van der Waals surface area (Å²) in [5, 5.41) is 0. The van der Waals surface area contributed by atoms with Crippen molar-refractivity contribution in [3.05, 3.63) is 12.1 Å². The maximum Gasteiger partial charge on any atom is 0.247 e. The zero-order chi connectivity index (χ0) is 7.78. The lowest BCUT2D eigenvalue weighted by atomic mass is 9.63. The van der Waals surface area contributed by atoms with Crippen LogP contribution in [-0.4, -0.2) is 23.7 Å². The van der Waals surface area contributed by atoms with Crippen molar-refractivity contribution in [3.8, 4) is 0 Å². The van der Waals surface area contributed by atoms with E-state index in [1.54, 1.807) is 0 Å². The normalized spacial score (nSPS) is 20.6. The molecule has 0 aliphatic carbocycles. The lowest BCUT2D eigenvalue weighted by Gasteiger charge is -2.34. The lowest BCUT2D eigenvalue weighted by molar-refractivity contribution is 0.277. The Morgan fingerprint density at radius 2 is 2.00 bits per heavy atom. The van der Waals surface area contributed by atoms with Gasteiger partial charge in [-0.25, -0.2) is 0 Å². The summed E-state index contributed by atoms with van der Waals surface area (Å²) >= 11 is 0. The smallest absolute Gasteiger partial charge is 0.247 e. The Bertz CT molecular complexity index is 146. The Labute approximate surface area is 64.2 Å². The molecule has 0 atom stereocenters. The van der Waals surface area contributed by atoms with Crippen molar-refractivity contribution in [1.29, 1.82) is 0 Å². The van der Waals surface area contributed by atoms with Crippen LogP contribution in [-0.2, 0) is 0 Å². The summed E-state index contributed by atoms with van der Waals surface area (Å²) in [6.45, 7) is 10.8. The lowest BCUT2D eigenvalue weighted by Crippen LogP contribution is -2.46. The zero-order valence-electron chi connectivity index (χ0n) is 7.39. The number of nitrogens with zero attached hydrogens (tertiary/aromatic N) is 1. The largest absolute Gasteiger partial charge is 0.331 e. The third-order valence-corrected chi connectivity index (χ3v) is 2.07. The highest BCUT2D eigenvalue weighted by Gasteiger charge is 2.28. The minimum absolute atomic E-state index is 0.322. The van der Waals surface area contributed by atoms with Crippen molar-refractivity contribution >= 4 is 6.85 Å². The second kappa shape index (κ2) is 2.42. The summed E-state index contributed by atoms with van der Waals surface area (Å²) in [6, 6.07) is 0. The monoisotopic (exact) mass is 137 g/mol. The molecule has 1 aliphatic heterocycles. The highest BCUT2D eigenvalue weighted by Crippen LogP contribution is 2.18. The molecule has 0 spiro atoms. The van der Waals surface area contributed by atoms with Gasteiger partial charge in [0.1, 0.15) is 0 Å². The molecule has 0 bridgehead atoms. The third-order valence-electron chi connectivity index (χ3n) is 2.07. The van der Waals surface area contributed by atoms with Gasteiger partial charge in [0.15, 0.2) is 0 Å². The van der Waals surface area contributed by atoms with Crippen LogP contribution in [0.2, 0.25) is 6.82 Å². The predicted octanol–water partition coefficient (Wildman–Crippen LogP) is 1.82. The van der Waals surface area contributed by atoms with E-state index >= 15 is 0 Å². The van der Waals surface area contributed by atoms with Crippen molar-refractivity contribution in [3.63, 3.8) is 0 Å². The van der Waals surface area contributed by atoms with Crippen LogP contribution in [0.15, 0.2) is 12.1 Å². The maximum atomic E-state index is 2.48. The molecule has 0 aromatic carbocycles. The number of rotatable bonds is 0. The Balaban J connectivity index is 2.60. The zero-order valence-corrected chi connectivity index (χ0v) is 7.39. The van der Waals surface area contributed by atoms with Crippen LogP contribution in [0.3, 0.4) is 0 Å². The van der Waals surface area contributed by atoms with Gasteiger partial charge < -0.3 is 4.81 Å². The molecule has 0 amide bonds. The second-order valence-corrected chi connectivity index (χ2v) is 3.99. The van der Waals surface area contributed by atoms with Gasteiger partial charge in [0, 0.05) is 12.1 Å². The standard InChI is InChI=1S/C8H16BN/c1-8(2,3)10-7-5-6-9(10)4/h5-6H,7H2,1-4H3. The molecule has 0 aromatic rings. The fraction of sp³-hybridized carbons (Fsp3) is 0.750. The van der Waals surface area contributed by atoms with Crippen LogP contribution in [0.4, 0.5) is 0 Å². The topological polar surface area (TPSA) is 3.24 Å². The van der Waals surface area contributed by atoms with E-state index in [4.69, 9.17) is 0 Å². The Hall–Kier alpha value is -0.235. The quantitative estimate of drug-likeness (QED) is 0.460. The van der Waals surface area contributed by atoms with E-state index in [0.29, 0.717) is 12.4 Å². The molecule has 0 radical (unpaired) electrons. The van der Waals surface area contributed by atoms with Crippen LogP contribution in [0.1, 0.15) is 20.8 Å². The van der Waals surface area contributed by atoms with Crippen LogP contribution in [0.25, 0.3) is 0 Å². The average Bonchev–Trinajstić information content (AvgIpc) is 2.11. The fourth-order valence-electron chi connectivity index (χ4n) is 1.53. The summed E-state index contributed by atoms with van der Waals surface area (Å²) in [4.78, 5) is 2.48. The third kappa shape index (κ3) is 1.43. The molecule has 2 heteroatoms. The van der Waals surface area contributed by atoms with E-state index in [-0.39, 0.29) is 0 Å². The van der Waals surface area contributed by atoms with Crippen molar-refractivity contribution in [2.45, 2.75) is 33.1 Å². The predicted molar refractivity (Wildman–Crippen MR) is 47.2 cm³/mol. The van der Waals surface area contributed by atoms with E-state index in [1.807, 2.05) is 0 Å². The fourth-order valence-corrected chi connectivity index (χ4v) is 1.53. The van der Waals surface area contributed by atoms with Gasteiger partial charge in [0.05, 0.1) is 0 Å². The first-order chi connectivity index (χ1) is 4.52. The summed E-state index contributed by atoms with van der Waals surface area (Å²) in [5.41, 5.74) is 0.322. The van der Waals surface area contributed by atoms with Gasteiger partial charge in [-0.15, -0.1) is 5.98 Å². The Kier molecular flexibility index (Phi) is 1.91. The minimum Gasteiger partial charge on any atom is -0.331 e. The summed E-state index contributed by atoms with van der Waals surface area (Å²) < 4.78 is 0. The molecule has 1 rings (SSSR count). The SMILES string of the molecule is CB1C=CCN1C(C)(C)C. The highest BCUT2D eigenvalue weighted by atomic mass is 15.1. The van der Waals surface area contributed by atoms with E-state index in [1.165, 1.54) is 0 Å². The van der Waals surface area contributed by atoms with Crippen molar-refractivity contribution < 1.29 is 0 Å². The molecule has 56 valence electrons. The molecule has 0 fully saturated rings. The van der Waals surface area contributed by atoms with Gasteiger partial charge in [-0.05, 0) is 20.8 Å². The van der Waals surface area contributed by atoms with Crippen LogP contribution < -0.4 is 0 Å². The van der Waals surface area contributed by atoms with Crippen LogP contribution in [0, 0.1) is 0 Å². The summed E-state index contributed by atoms with van der Waals surface area (Å²) in [7, 11) is 0. The van der Waals surface area contributed by atoms with Crippen molar-refractivity contribution in [2.24, 2.45) is 0 Å². The second-order valence-electron chi connectivity index (χ2n) is 3.99. The first kappa shape index (κ1) is 7.87. The molecule has 0 N–H and O–H groups in total. The van der Waals surface area contributed by atoms with Gasteiger partial charge in [-0.1, -0.05) is 12.9 Å². The molecular weight excluding hydrogens is 121 g/mol. The number of hydrogen-bond acceptors (Lipinski definition) is 1. The summed E-state index contributed by atoms with van der Waals surface area (Å²) in [5.74, 6) is 2.27. The van der Waals surface area contributed by atoms with E-state index in [2.05, 4.69) is 44.5 Å². The van der Waals surface area contributed by atoms with E-state index < -0.39 is 0 Å². The van der Waals surface area contributed by atoms with Gasteiger partial charge in [0.25, 0.3) is 0 Å². The van der Waals surface area contributed by atoms with E-state index in [0.717, 1.165) is 6.54 Å². The highest BCUT2D eigenvalue weighted by molar-refractivity contribution is 6.61. The van der Waals surface area contributed by atoms with Gasteiger partial charge in [0.2, 0.25) is 6.85 Å².